The Labute approximate surface area is 79.2 Å². The molecule has 1 fully saturated rings. The van der Waals surface area contributed by atoms with Gasteiger partial charge in [0.05, 0.1) is 6.61 Å². The van der Waals surface area contributed by atoms with Gasteiger partial charge in [0.15, 0.2) is 0 Å². The van der Waals surface area contributed by atoms with Gasteiger partial charge in [-0.05, 0) is 6.42 Å². The van der Waals surface area contributed by atoms with E-state index in [0.717, 1.165) is 0 Å². The Morgan fingerprint density at radius 2 is 2.14 bits per heavy atom. The average Bonchev–Trinajstić information content (AvgIpc) is 2.80. The normalized spacial score (nSPS) is 26.0. The number of carbonyl (C=O) groups is 1. The van der Waals surface area contributed by atoms with E-state index in [9.17, 15) is 18.0 Å². The highest BCUT2D eigenvalue weighted by molar-refractivity contribution is 5.69. The van der Waals surface area contributed by atoms with E-state index in [1.807, 2.05) is 0 Å². The molecule has 0 bridgehead atoms. The molecule has 0 radical (unpaired) electrons. The third-order valence-electron chi connectivity index (χ3n) is 1.93. The quantitative estimate of drug-likeness (QED) is 0.525. The first-order valence-electron chi connectivity index (χ1n) is 4.27. The van der Waals surface area contributed by atoms with Crippen LogP contribution in [0.1, 0.15) is 19.8 Å². The Bertz CT molecular complexity index is 220. The van der Waals surface area contributed by atoms with Crippen molar-refractivity contribution in [3.63, 3.8) is 0 Å². The highest BCUT2D eigenvalue weighted by Gasteiger charge is 2.67. The van der Waals surface area contributed by atoms with E-state index < -0.39 is 31.0 Å². The van der Waals surface area contributed by atoms with Crippen LogP contribution in [0.5, 0.6) is 0 Å². The average molecular weight is 212 g/mol. The Morgan fingerprint density at radius 3 is 2.50 bits per heavy atom. The number of esters is 1. The topological polar surface area (TPSA) is 38.8 Å². The van der Waals surface area contributed by atoms with Gasteiger partial charge in [-0.15, -0.1) is 0 Å². The van der Waals surface area contributed by atoms with Crippen molar-refractivity contribution in [1.29, 1.82) is 0 Å². The van der Waals surface area contributed by atoms with Crippen molar-refractivity contribution >= 4 is 5.97 Å². The summed E-state index contributed by atoms with van der Waals surface area (Å²) in [5.41, 5.74) is -2.23. The van der Waals surface area contributed by atoms with Crippen molar-refractivity contribution < 1.29 is 27.4 Å². The van der Waals surface area contributed by atoms with Gasteiger partial charge in [0.2, 0.25) is 5.60 Å². The highest BCUT2D eigenvalue weighted by Crippen LogP contribution is 2.43. The number of ether oxygens (including phenoxy) is 2. The number of carbonyl (C=O) groups excluding carboxylic acids is 1. The SMILES string of the molecule is CCCC(=O)OC[C@]1(C(F)(F)F)CO1. The molecule has 0 aromatic heterocycles. The molecule has 82 valence electrons. The van der Waals surface area contributed by atoms with Gasteiger partial charge in [0, 0.05) is 6.42 Å². The van der Waals surface area contributed by atoms with Crippen LogP contribution in [0, 0.1) is 0 Å². The molecule has 0 amide bonds. The first kappa shape index (κ1) is 11.3. The molecule has 0 saturated carbocycles. The maximum absolute atomic E-state index is 12.2. The fourth-order valence-corrected chi connectivity index (χ4v) is 0.889. The lowest BCUT2D eigenvalue weighted by atomic mass is 10.2. The molecule has 14 heavy (non-hydrogen) atoms. The second-order valence-electron chi connectivity index (χ2n) is 3.19. The van der Waals surface area contributed by atoms with Gasteiger partial charge in [-0.2, -0.15) is 13.2 Å². The van der Waals surface area contributed by atoms with Gasteiger partial charge < -0.3 is 9.47 Å². The van der Waals surface area contributed by atoms with Crippen molar-refractivity contribution in [3.8, 4) is 0 Å². The van der Waals surface area contributed by atoms with Gasteiger partial charge in [0.1, 0.15) is 6.61 Å². The molecule has 0 aromatic carbocycles. The molecule has 3 nitrogen and oxygen atoms in total. The van der Waals surface area contributed by atoms with Crippen LogP contribution in [-0.4, -0.2) is 31.0 Å². The van der Waals surface area contributed by atoms with Gasteiger partial charge in [-0.3, -0.25) is 4.79 Å². The summed E-state index contributed by atoms with van der Waals surface area (Å²) in [6.07, 6.45) is -3.77. The Kier molecular flexibility index (Phi) is 3.04. The largest absolute Gasteiger partial charge is 0.462 e. The first-order chi connectivity index (χ1) is 6.41. The van der Waals surface area contributed by atoms with Gasteiger partial charge in [0.25, 0.3) is 0 Å². The minimum absolute atomic E-state index is 0.133. The van der Waals surface area contributed by atoms with Crippen LogP contribution in [0.4, 0.5) is 13.2 Å². The summed E-state index contributed by atoms with van der Waals surface area (Å²) in [6, 6.07) is 0. The molecule has 0 unspecified atom stereocenters. The molecule has 1 aliphatic heterocycles. The zero-order valence-corrected chi connectivity index (χ0v) is 7.69. The summed E-state index contributed by atoms with van der Waals surface area (Å²) in [7, 11) is 0. The molecule has 1 aliphatic rings. The monoisotopic (exact) mass is 212 g/mol. The third-order valence-corrected chi connectivity index (χ3v) is 1.93. The molecular weight excluding hydrogens is 201 g/mol. The van der Waals surface area contributed by atoms with Crippen LogP contribution < -0.4 is 0 Å². The van der Waals surface area contributed by atoms with Crippen molar-refractivity contribution in [2.75, 3.05) is 13.2 Å². The van der Waals surface area contributed by atoms with Crippen molar-refractivity contribution in [2.45, 2.75) is 31.5 Å². The number of rotatable bonds is 4. The standard InChI is InChI=1S/C8H11F3O3/c1-2-3-6(12)13-4-7(5-14-7)8(9,10)11/h2-5H2,1H3/t7-/m1/s1. The summed E-state index contributed by atoms with van der Waals surface area (Å²) >= 11 is 0. The molecule has 0 aliphatic carbocycles. The van der Waals surface area contributed by atoms with E-state index in [0.29, 0.717) is 6.42 Å². The van der Waals surface area contributed by atoms with E-state index in [4.69, 9.17) is 0 Å². The third kappa shape index (κ3) is 2.37. The Hall–Kier alpha value is -0.780. The van der Waals surface area contributed by atoms with Gasteiger partial charge >= 0.3 is 12.1 Å². The van der Waals surface area contributed by atoms with Gasteiger partial charge in [-0.25, -0.2) is 0 Å². The van der Waals surface area contributed by atoms with E-state index in [2.05, 4.69) is 9.47 Å². The molecule has 0 spiro atoms. The predicted octanol–water partition coefficient (Wildman–Crippen LogP) is 1.66. The molecular formula is C8H11F3O3. The Morgan fingerprint density at radius 1 is 1.57 bits per heavy atom. The smallest absolute Gasteiger partial charge is 0.423 e. The second kappa shape index (κ2) is 3.76. The first-order valence-corrected chi connectivity index (χ1v) is 4.27. The van der Waals surface area contributed by atoms with E-state index >= 15 is 0 Å². The number of hydrogen-bond donors (Lipinski definition) is 0. The van der Waals surface area contributed by atoms with Crippen LogP contribution in [-0.2, 0) is 14.3 Å². The van der Waals surface area contributed by atoms with Crippen LogP contribution in [0.2, 0.25) is 0 Å². The molecule has 6 heteroatoms. The van der Waals surface area contributed by atoms with Crippen molar-refractivity contribution in [3.05, 3.63) is 0 Å². The van der Waals surface area contributed by atoms with Crippen LogP contribution >= 0.6 is 0 Å². The minimum Gasteiger partial charge on any atom is -0.462 e. The summed E-state index contributed by atoms with van der Waals surface area (Å²) in [5, 5.41) is 0. The fourth-order valence-electron chi connectivity index (χ4n) is 0.889. The summed E-state index contributed by atoms with van der Waals surface area (Å²) < 4.78 is 45.4. The summed E-state index contributed by atoms with van der Waals surface area (Å²) in [6.45, 7) is 0.597. The minimum atomic E-state index is -4.46. The Balaban J connectivity index is 2.35. The molecule has 0 N–H and O–H groups in total. The fraction of sp³-hybridized carbons (Fsp3) is 0.875. The number of epoxide rings is 1. The predicted molar refractivity (Wildman–Crippen MR) is 40.6 cm³/mol. The van der Waals surface area contributed by atoms with Crippen molar-refractivity contribution in [2.24, 2.45) is 0 Å². The summed E-state index contributed by atoms with van der Waals surface area (Å²) in [4.78, 5) is 10.8. The van der Waals surface area contributed by atoms with E-state index in [-0.39, 0.29) is 6.42 Å². The zero-order chi connectivity index (χ0) is 10.8. The summed E-state index contributed by atoms with van der Waals surface area (Å²) in [5.74, 6) is -0.619. The lowest BCUT2D eigenvalue weighted by Gasteiger charge is -2.15. The molecule has 1 heterocycles. The van der Waals surface area contributed by atoms with E-state index in [1.165, 1.54) is 0 Å². The highest BCUT2D eigenvalue weighted by atomic mass is 19.4. The van der Waals surface area contributed by atoms with Crippen molar-refractivity contribution in [1.82, 2.24) is 0 Å². The van der Waals surface area contributed by atoms with Crippen LogP contribution in [0.25, 0.3) is 0 Å². The maximum atomic E-state index is 12.2. The lowest BCUT2D eigenvalue weighted by molar-refractivity contribution is -0.199. The zero-order valence-electron chi connectivity index (χ0n) is 7.69. The number of alkyl halides is 3. The van der Waals surface area contributed by atoms with E-state index in [1.54, 1.807) is 6.92 Å². The molecule has 1 rings (SSSR count). The lowest BCUT2D eigenvalue weighted by Crippen LogP contribution is -2.38. The van der Waals surface area contributed by atoms with Crippen LogP contribution in [0.3, 0.4) is 0 Å². The number of hydrogen-bond acceptors (Lipinski definition) is 3. The maximum Gasteiger partial charge on any atom is 0.423 e. The molecule has 1 atom stereocenters. The second-order valence-corrected chi connectivity index (χ2v) is 3.19. The number of halogens is 3. The van der Waals surface area contributed by atoms with Gasteiger partial charge in [-0.1, -0.05) is 6.92 Å². The molecule has 1 saturated heterocycles. The molecule has 0 aromatic rings. The van der Waals surface area contributed by atoms with Crippen LogP contribution in [0.15, 0.2) is 0 Å².